The Morgan fingerprint density at radius 3 is 2.59 bits per heavy atom. The van der Waals surface area contributed by atoms with Gasteiger partial charge in [-0.05, 0) is 24.0 Å². The predicted molar refractivity (Wildman–Crippen MR) is 66.3 cm³/mol. The Bertz CT molecular complexity index is 424. The monoisotopic (exact) mass is 240 g/mol. The van der Waals surface area contributed by atoms with Gasteiger partial charge in [-0.25, -0.2) is 8.78 Å². The van der Waals surface area contributed by atoms with Crippen LogP contribution in [0.1, 0.15) is 27.2 Å². The average Bonchev–Trinajstić information content (AvgIpc) is 2.45. The van der Waals surface area contributed by atoms with Crippen molar-refractivity contribution in [1.82, 2.24) is 0 Å². The van der Waals surface area contributed by atoms with Gasteiger partial charge >= 0.3 is 0 Å². The van der Waals surface area contributed by atoms with E-state index in [4.69, 9.17) is 0 Å². The molecule has 1 aromatic rings. The molecule has 2 N–H and O–H groups in total. The van der Waals surface area contributed by atoms with Crippen LogP contribution in [-0.2, 0) is 0 Å². The van der Waals surface area contributed by atoms with Crippen molar-refractivity contribution in [3.63, 3.8) is 0 Å². The molecule has 1 aliphatic heterocycles. The maximum Gasteiger partial charge on any atom is 0.183 e. The second kappa shape index (κ2) is 4.17. The predicted octanol–water partition coefficient (Wildman–Crippen LogP) is 3.61. The SMILES string of the molecule is CC(C)(C)C1CCNc2ccc(F)c(F)c2N1. The molecule has 0 fully saturated rings. The Hall–Kier alpha value is -1.32. The Balaban J connectivity index is 2.39. The number of hydrogen-bond donors (Lipinski definition) is 2. The summed E-state index contributed by atoms with van der Waals surface area (Å²) in [7, 11) is 0. The summed E-state index contributed by atoms with van der Waals surface area (Å²) < 4.78 is 27.0. The molecule has 1 heterocycles. The first-order chi connectivity index (χ1) is 7.89. The van der Waals surface area contributed by atoms with Crippen LogP contribution in [0.2, 0.25) is 0 Å². The number of nitrogens with one attached hydrogen (secondary N) is 2. The third-order valence-electron chi connectivity index (χ3n) is 3.21. The summed E-state index contributed by atoms with van der Waals surface area (Å²) in [5.41, 5.74) is 0.889. The van der Waals surface area contributed by atoms with E-state index in [0.29, 0.717) is 5.69 Å². The maximum atomic E-state index is 13.7. The maximum absolute atomic E-state index is 13.7. The highest BCUT2D eigenvalue weighted by Gasteiger charge is 2.28. The zero-order valence-electron chi connectivity index (χ0n) is 10.4. The van der Waals surface area contributed by atoms with Crippen LogP contribution >= 0.6 is 0 Å². The van der Waals surface area contributed by atoms with Gasteiger partial charge in [-0.1, -0.05) is 20.8 Å². The lowest BCUT2D eigenvalue weighted by Gasteiger charge is -2.31. The molecular weight excluding hydrogens is 222 g/mol. The van der Waals surface area contributed by atoms with Crippen LogP contribution in [0.25, 0.3) is 0 Å². The third kappa shape index (κ3) is 2.35. The fourth-order valence-corrected chi connectivity index (χ4v) is 2.09. The standard InChI is InChI=1S/C13H18F2N2/c1-13(2,3)10-6-7-16-9-5-4-8(14)11(15)12(9)17-10/h4-5,10,16-17H,6-7H2,1-3H3. The molecule has 0 saturated heterocycles. The van der Waals surface area contributed by atoms with Gasteiger partial charge in [0.05, 0.1) is 11.4 Å². The van der Waals surface area contributed by atoms with Gasteiger partial charge < -0.3 is 10.6 Å². The number of hydrogen-bond acceptors (Lipinski definition) is 2. The Kier molecular flexibility index (Phi) is 2.98. The zero-order chi connectivity index (χ0) is 12.6. The summed E-state index contributed by atoms with van der Waals surface area (Å²) in [5.74, 6) is -1.61. The van der Waals surface area contributed by atoms with E-state index in [1.807, 2.05) is 0 Å². The highest BCUT2D eigenvalue weighted by Crippen LogP contribution is 2.34. The molecule has 2 rings (SSSR count). The molecular formula is C13H18F2N2. The number of fused-ring (bicyclic) bond motifs is 1. The molecule has 0 amide bonds. The van der Waals surface area contributed by atoms with E-state index in [1.54, 1.807) is 6.07 Å². The van der Waals surface area contributed by atoms with Gasteiger partial charge in [0, 0.05) is 12.6 Å². The van der Waals surface area contributed by atoms with Crippen LogP contribution in [0, 0.1) is 17.0 Å². The largest absolute Gasteiger partial charge is 0.383 e. The number of halogens is 2. The van der Waals surface area contributed by atoms with E-state index in [0.717, 1.165) is 19.0 Å². The summed E-state index contributed by atoms with van der Waals surface area (Å²) in [6.07, 6.45) is 0.874. The summed E-state index contributed by atoms with van der Waals surface area (Å²) in [5, 5.41) is 6.26. The minimum absolute atomic E-state index is 0.00203. The van der Waals surface area contributed by atoms with Crippen molar-refractivity contribution in [3.8, 4) is 0 Å². The van der Waals surface area contributed by atoms with Gasteiger partial charge in [-0.15, -0.1) is 0 Å². The first kappa shape index (κ1) is 12.1. The van der Waals surface area contributed by atoms with Crippen LogP contribution in [0.5, 0.6) is 0 Å². The topological polar surface area (TPSA) is 24.1 Å². The van der Waals surface area contributed by atoms with E-state index in [-0.39, 0.29) is 17.1 Å². The van der Waals surface area contributed by atoms with E-state index in [1.165, 1.54) is 0 Å². The molecule has 1 aromatic carbocycles. The lowest BCUT2D eigenvalue weighted by Crippen LogP contribution is -2.34. The van der Waals surface area contributed by atoms with E-state index in [2.05, 4.69) is 31.4 Å². The fourth-order valence-electron chi connectivity index (χ4n) is 2.09. The minimum atomic E-state index is -0.812. The van der Waals surface area contributed by atoms with Crippen molar-refractivity contribution in [2.45, 2.75) is 33.2 Å². The van der Waals surface area contributed by atoms with Gasteiger partial charge in [0.25, 0.3) is 0 Å². The molecule has 0 bridgehead atoms. The Labute approximate surface area is 100 Å². The molecule has 0 spiro atoms. The van der Waals surface area contributed by atoms with Gasteiger partial charge in [-0.3, -0.25) is 0 Å². The van der Waals surface area contributed by atoms with Crippen molar-refractivity contribution >= 4 is 11.4 Å². The van der Waals surface area contributed by atoms with Gasteiger partial charge in [0.1, 0.15) is 0 Å². The van der Waals surface area contributed by atoms with E-state index >= 15 is 0 Å². The molecule has 0 radical (unpaired) electrons. The quantitative estimate of drug-likeness (QED) is 0.724. The lowest BCUT2D eigenvalue weighted by molar-refractivity contribution is 0.331. The number of rotatable bonds is 0. The molecule has 1 aliphatic rings. The summed E-state index contributed by atoms with van der Waals surface area (Å²) in [4.78, 5) is 0. The van der Waals surface area contributed by atoms with Crippen LogP contribution < -0.4 is 10.6 Å². The normalized spacial score (nSPS) is 19.9. The minimum Gasteiger partial charge on any atom is -0.383 e. The smallest absolute Gasteiger partial charge is 0.183 e. The van der Waals surface area contributed by atoms with Crippen LogP contribution in [-0.4, -0.2) is 12.6 Å². The first-order valence-corrected chi connectivity index (χ1v) is 5.88. The van der Waals surface area contributed by atoms with Crippen LogP contribution in [0.15, 0.2) is 12.1 Å². The second-order valence-electron chi connectivity index (χ2n) is 5.56. The summed E-state index contributed by atoms with van der Waals surface area (Å²) in [6, 6.07) is 2.85. The fraction of sp³-hybridized carbons (Fsp3) is 0.538. The molecule has 1 unspecified atom stereocenters. The van der Waals surface area contributed by atoms with Gasteiger partial charge in [0.2, 0.25) is 0 Å². The Morgan fingerprint density at radius 1 is 1.24 bits per heavy atom. The number of benzene rings is 1. The van der Waals surface area contributed by atoms with Gasteiger partial charge in [-0.2, -0.15) is 0 Å². The third-order valence-corrected chi connectivity index (χ3v) is 3.21. The number of anilines is 2. The van der Waals surface area contributed by atoms with Crippen molar-refractivity contribution in [3.05, 3.63) is 23.8 Å². The molecule has 1 atom stereocenters. The second-order valence-corrected chi connectivity index (χ2v) is 5.56. The van der Waals surface area contributed by atoms with Crippen molar-refractivity contribution < 1.29 is 8.78 Å². The molecule has 0 saturated carbocycles. The molecule has 2 nitrogen and oxygen atoms in total. The van der Waals surface area contributed by atoms with Crippen LogP contribution in [0.4, 0.5) is 20.2 Å². The molecule has 0 aromatic heterocycles. The van der Waals surface area contributed by atoms with E-state index in [9.17, 15) is 8.78 Å². The average molecular weight is 240 g/mol. The van der Waals surface area contributed by atoms with E-state index < -0.39 is 11.6 Å². The zero-order valence-corrected chi connectivity index (χ0v) is 10.4. The highest BCUT2D eigenvalue weighted by molar-refractivity contribution is 5.70. The molecule has 0 aliphatic carbocycles. The van der Waals surface area contributed by atoms with Gasteiger partial charge in [0.15, 0.2) is 11.6 Å². The molecule has 94 valence electrons. The Morgan fingerprint density at radius 2 is 1.94 bits per heavy atom. The van der Waals surface area contributed by atoms with Crippen molar-refractivity contribution in [2.75, 3.05) is 17.2 Å². The summed E-state index contributed by atoms with van der Waals surface area (Å²) in [6.45, 7) is 7.03. The van der Waals surface area contributed by atoms with Crippen LogP contribution in [0.3, 0.4) is 0 Å². The molecule has 17 heavy (non-hydrogen) atoms. The summed E-state index contributed by atoms with van der Waals surface area (Å²) >= 11 is 0. The first-order valence-electron chi connectivity index (χ1n) is 5.88. The highest BCUT2D eigenvalue weighted by atomic mass is 19.2. The van der Waals surface area contributed by atoms with Crippen molar-refractivity contribution in [1.29, 1.82) is 0 Å². The lowest BCUT2D eigenvalue weighted by atomic mass is 9.85. The molecule has 4 heteroatoms. The van der Waals surface area contributed by atoms with Crippen molar-refractivity contribution in [2.24, 2.45) is 5.41 Å².